The first-order chi connectivity index (χ1) is 7.15. The van der Waals surface area contributed by atoms with E-state index in [9.17, 15) is 4.79 Å². The summed E-state index contributed by atoms with van der Waals surface area (Å²) < 4.78 is 0. The fourth-order valence-electron chi connectivity index (χ4n) is 1.15. The highest BCUT2D eigenvalue weighted by Gasteiger charge is 2.18. The zero-order chi connectivity index (χ0) is 11.3. The second kappa shape index (κ2) is 4.88. The summed E-state index contributed by atoms with van der Waals surface area (Å²) in [5.41, 5.74) is 8.61. The molecular formula is C9H9N3O3. The third-order valence-electron chi connectivity index (χ3n) is 1.92. The highest BCUT2D eigenvalue weighted by Crippen LogP contribution is 2.19. The van der Waals surface area contributed by atoms with Gasteiger partial charge in [0, 0.05) is 11.5 Å². The maximum absolute atomic E-state index is 10.8. The molecule has 0 aromatic heterocycles. The quantitative estimate of drug-likeness (QED) is 0.447. The molecule has 0 radical (unpaired) electrons. The van der Waals surface area contributed by atoms with Gasteiger partial charge >= 0.3 is 5.97 Å². The van der Waals surface area contributed by atoms with Gasteiger partial charge in [-0.15, -0.1) is 0 Å². The van der Waals surface area contributed by atoms with Crippen LogP contribution in [-0.4, -0.2) is 22.7 Å². The first kappa shape index (κ1) is 10.9. The molecule has 1 unspecified atom stereocenters. The molecular weight excluding hydrogens is 198 g/mol. The van der Waals surface area contributed by atoms with Gasteiger partial charge in [-0.3, -0.25) is 4.79 Å². The van der Waals surface area contributed by atoms with E-state index in [1.165, 1.54) is 24.3 Å². The molecule has 2 N–H and O–H groups in total. The molecule has 0 fully saturated rings. The standard InChI is InChI=1S/C9H9N3O3/c10-12-11-5-8(9(14)15)6-1-3-7(13)4-2-6/h1-4,8,13H,5H2,(H,14,15). The average Bonchev–Trinajstić information content (AvgIpc) is 2.21. The van der Waals surface area contributed by atoms with Crippen molar-refractivity contribution in [1.82, 2.24) is 0 Å². The molecule has 0 aliphatic heterocycles. The number of hydrogen-bond donors (Lipinski definition) is 2. The van der Waals surface area contributed by atoms with Crippen molar-refractivity contribution in [3.8, 4) is 5.75 Å². The predicted molar refractivity (Wildman–Crippen MR) is 52.5 cm³/mol. The summed E-state index contributed by atoms with van der Waals surface area (Å²) in [6, 6.07) is 5.75. The predicted octanol–water partition coefficient (Wildman–Crippen LogP) is 1.87. The third kappa shape index (κ3) is 2.89. The molecule has 6 heteroatoms. The summed E-state index contributed by atoms with van der Waals surface area (Å²) in [7, 11) is 0. The number of hydrogen-bond acceptors (Lipinski definition) is 3. The Kier molecular flexibility index (Phi) is 3.54. The number of carboxylic acid groups (broad SMARTS) is 1. The number of rotatable bonds is 4. The number of phenolic OH excluding ortho intramolecular Hbond substituents is 1. The summed E-state index contributed by atoms with van der Waals surface area (Å²) in [6.45, 7) is -0.142. The Morgan fingerprint density at radius 3 is 2.53 bits per heavy atom. The maximum Gasteiger partial charge on any atom is 0.311 e. The lowest BCUT2D eigenvalue weighted by Crippen LogP contribution is -2.14. The molecule has 1 aromatic rings. The molecule has 0 spiro atoms. The van der Waals surface area contributed by atoms with Gasteiger partial charge in [0.25, 0.3) is 0 Å². The summed E-state index contributed by atoms with van der Waals surface area (Å²) >= 11 is 0. The van der Waals surface area contributed by atoms with Gasteiger partial charge in [0.1, 0.15) is 5.75 Å². The molecule has 1 aromatic carbocycles. The first-order valence-corrected chi connectivity index (χ1v) is 4.17. The van der Waals surface area contributed by atoms with E-state index in [0.717, 1.165) is 0 Å². The smallest absolute Gasteiger partial charge is 0.311 e. The van der Waals surface area contributed by atoms with Gasteiger partial charge in [0.2, 0.25) is 0 Å². The Hall–Kier alpha value is -2.20. The van der Waals surface area contributed by atoms with Gasteiger partial charge in [-0.1, -0.05) is 17.2 Å². The zero-order valence-corrected chi connectivity index (χ0v) is 7.74. The largest absolute Gasteiger partial charge is 0.508 e. The van der Waals surface area contributed by atoms with E-state index >= 15 is 0 Å². The highest BCUT2D eigenvalue weighted by atomic mass is 16.4. The number of azide groups is 1. The van der Waals surface area contributed by atoms with Gasteiger partial charge < -0.3 is 10.2 Å². The fourth-order valence-corrected chi connectivity index (χ4v) is 1.15. The molecule has 0 saturated heterocycles. The van der Waals surface area contributed by atoms with E-state index in [1.54, 1.807) is 0 Å². The molecule has 78 valence electrons. The first-order valence-electron chi connectivity index (χ1n) is 4.17. The van der Waals surface area contributed by atoms with Gasteiger partial charge in [0.05, 0.1) is 5.92 Å². The lowest BCUT2D eigenvalue weighted by atomic mass is 9.99. The summed E-state index contributed by atoms with van der Waals surface area (Å²) in [5, 5.41) is 21.1. The van der Waals surface area contributed by atoms with Crippen molar-refractivity contribution in [3.05, 3.63) is 40.3 Å². The lowest BCUT2D eigenvalue weighted by Gasteiger charge is -2.09. The number of phenols is 1. The average molecular weight is 207 g/mol. The molecule has 0 amide bonds. The molecule has 0 aliphatic rings. The van der Waals surface area contributed by atoms with Crippen LogP contribution in [0.15, 0.2) is 29.4 Å². The van der Waals surface area contributed by atoms with Gasteiger partial charge in [-0.05, 0) is 23.2 Å². The van der Waals surface area contributed by atoms with E-state index < -0.39 is 11.9 Å². The van der Waals surface area contributed by atoms with Crippen LogP contribution in [-0.2, 0) is 4.79 Å². The van der Waals surface area contributed by atoms with Crippen LogP contribution in [0.25, 0.3) is 10.4 Å². The van der Waals surface area contributed by atoms with Crippen LogP contribution in [0.4, 0.5) is 0 Å². The number of benzene rings is 1. The van der Waals surface area contributed by atoms with Crippen molar-refractivity contribution in [2.75, 3.05) is 6.54 Å². The minimum absolute atomic E-state index is 0.0617. The Labute approximate surface area is 85.4 Å². The van der Waals surface area contributed by atoms with E-state index in [2.05, 4.69) is 10.0 Å². The van der Waals surface area contributed by atoms with Crippen LogP contribution in [0, 0.1) is 0 Å². The summed E-state index contributed by atoms with van der Waals surface area (Å²) in [4.78, 5) is 13.4. The van der Waals surface area contributed by atoms with Crippen LogP contribution in [0.5, 0.6) is 5.75 Å². The van der Waals surface area contributed by atoms with Crippen molar-refractivity contribution in [1.29, 1.82) is 0 Å². The van der Waals surface area contributed by atoms with E-state index in [0.29, 0.717) is 5.56 Å². The minimum atomic E-state index is -1.06. The van der Waals surface area contributed by atoms with Crippen molar-refractivity contribution in [2.24, 2.45) is 5.11 Å². The topological polar surface area (TPSA) is 106 Å². The zero-order valence-electron chi connectivity index (χ0n) is 7.74. The summed E-state index contributed by atoms with van der Waals surface area (Å²) in [6.07, 6.45) is 0. The third-order valence-corrected chi connectivity index (χ3v) is 1.92. The summed E-state index contributed by atoms with van der Waals surface area (Å²) in [5.74, 6) is -1.87. The number of aliphatic carboxylic acids is 1. The maximum atomic E-state index is 10.8. The molecule has 6 nitrogen and oxygen atoms in total. The van der Waals surface area contributed by atoms with E-state index in [1.807, 2.05) is 0 Å². The van der Waals surface area contributed by atoms with E-state index in [-0.39, 0.29) is 12.3 Å². The van der Waals surface area contributed by atoms with Crippen molar-refractivity contribution in [3.63, 3.8) is 0 Å². The Balaban J connectivity index is 2.93. The van der Waals surface area contributed by atoms with Crippen LogP contribution in [0.3, 0.4) is 0 Å². The number of carbonyl (C=O) groups is 1. The number of nitrogens with zero attached hydrogens (tertiary/aromatic N) is 3. The fraction of sp³-hybridized carbons (Fsp3) is 0.222. The van der Waals surface area contributed by atoms with Crippen molar-refractivity contribution in [2.45, 2.75) is 5.92 Å². The lowest BCUT2D eigenvalue weighted by molar-refractivity contribution is -0.138. The second-order valence-electron chi connectivity index (χ2n) is 2.90. The molecule has 1 rings (SSSR count). The Morgan fingerprint density at radius 2 is 2.07 bits per heavy atom. The van der Waals surface area contributed by atoms with Gasteiger partial charge in [0.15, 0.2) is 0 Å². The van der Waals surface area contributed by atoms with E-state index in [4.69, 9.17) is 15.7 Å². The molecule has 1 atom stereocenters. The number of carboxylic acids is 1. The Bertz CT molecular complexity index is 396. The molecule has 0 bridgehead atoms. The number of aromatic hydroxyl groups is 1. The van der Waals surface area contributed by atoms with Gasteiger partial charge in [-0.2, -0.15) is 0 Å². The van der Waals surface area contributed by atoms with Crippen LogP contribution in [0.2, 0.25) is 0 Å². The highest BCUT2D eigenvalue weighted by molar-refractivity contribution is 5.76. The molecule has 0 saturated carbocycles. The second-order valence-corrected chi connectivity index (χ2v) is 2.90. The van der Waals surface area contributed by atoms with Crippen molar-refractivity contribution < 1.29 is 15.0 Å². The monoisotopic (exact) mass is 207 g/mol. The SMILES string of the molecule is [N-]=[N+]=NCC(C(=O)O)c1ccc(O)cc1. The molecule has 0 aliphatic carbocycles. The van der Waals surface area contributed by atoms with Gasteiger partial charge in [-0.25, -0.2) is 0 Å². The molecule has 0 heterocycles. The normalized spacial score (nSPS) is 11.5. The van der Waals surface area contributed by atoms with Crippen molar-refractivity contribution >= 4 is 5.97 Å². The Morgan fingerprint density at radius 1 is 1.47 bits per heavy atom. The van der Waals surface area contributed by atoms with Crippen LogP contribution < -0.4 is 0 Å². The minimum Gasteiger partial charge on any atom is -0.508 e. The van der Waals surface area contributed by atoms with Crippen LogP contribution >= 0.6 is 0 Å². The molecule has 15 heavy (non-hydrogen) atoms. The van der Waals surface area contributed by atoms with Crippen LogP contribution in [0.1, 0.15) is 11.5 Å².